The molecule has 0 heterocycles. The van der Waals surface area contributed by atoms with Crippen LogP contribution >= 0.6 is 0 Å². The number of amides is 1. The molecule has 2 aromatic carbocycles. The molecule has 0 bridgehead atoms. The van der Waals surface area contributed by atoms with E-state index in [4.69, 9.17) is 5.73 Å². The minimum absolute atomic E-state index is 0.0311. The number of hydrogen-bond acceptors (Lipinski definition) is 5. The molecule has 0 saturated carbocycles. The molecule has 6 nitrogen and oxygen atoms in total. The number of Topliss-reactive ketones (excluding diaryl/α,β-unsaturated/α-hetero) is 4. The highest BCUT2D eigenvalue weighted by Crippen LogP contribution is 2.28. The van der Waals surface area contributed by atoms with Gasteiger partial charge in [-0.1, -0.05) is 60.7 Å². The number of carbonyl (C=O) groups excluding carboxylic acids is 5. The molecule has 2 aliphatic carbocycles. The van der Waals surface area contributed by atoms with Crippen molar-refractivity contribution in [3.63, 3.8) is 0 Å². The SMILES string of the molecule is NC(=O)C(=CC=C1C(=O)c2ccccc2C1=O)CC=C1C(=O)c2ccccc2C1=O. The van der Waals surface area contributed by atoms with Crippen molar-refractivity contribution in [1.82, 2.24) is 0 Å². The van der Waals surface area contributed by atoms with Gasteiger partial charge in [-0.25, -0.2) is 0 Å². The number of hydrogen-bond donors (Lipinski definition) is 1. The van der Waals surface area contributed by atoms with Crippen LogP contribution < -0.4 is 5.73 Å². The number of primary amides is 1. The number of carbonyl (C=O) groups is 5. The summed E-state index contributed by atoms with van der Waals surface area (Å²) in [6.45, 7) is 0. The van der Waals surface area contributed by atoms with Crippen LogP contribution in [0.1, 0.15) is 47.9 Å². The van der Waals surface area contributed by atoms with Gasteiger partial charge < -0.3 is 5.73 Å². The molecule has 2 aliphatic rings. The van der Waals surface area contributed by atoms with Gasteiger partial charge in [-0.3, -0.25) is 24.0 Å². The van der Waals surface area contributed by atoms with Crippen LogP contribution in [0.15, 0.2) is 83.5 Å². The molecule has 0 spiro atoms. The molecule has 0 fully saturated rings. The second-order valence-corrected chi connectivity index (χ2v) is 6.87. The first-order valence-electron chi connectivity index (χ1n) is 9.18. The first kappa shape index (κ1) is 19.1. The zero-order valence-corrected chi connectivity index (χ0v) is 15.7. The standard InChI is InChI=1S/C24H15NO5/c25-24(30)13(9-11-18-20(26)14-5-1-2-6-15(14)21(18)27)10-12-19-22(28)16-7-3-4-8-17(16)23(19)29/h1-9,11-12H,10H2,(H2,25,30). The molecule has 0 unspecified atom stereocenters. The summed E-state index contributed by atoms with van der Waals surface area (Å²) in [7, 11) is 0. The maximum absolute atomic E-state index is 12.4. The number of rotatable bonds is 4. The molecule has 6 heteroatoms. The van der Waals surface area contributed by atoms with Crippen LogP contribution in [-0.4, -0.2) is 29.0 Å². The Balaban J connectivity index is 1.62. The minimum atomic E-state index is -0.783. The molecular formula is C24H15NO5. The lowest BCUT2D eigenvalue weighted by Gasteiger charge is -2.00. The third-order valence-corrected chi connectivity index (χ3v) is 5.10. The van der Waals surface area contributed by atoms with Gasteiger partial charge in [0.1, 0.15) is 0 Å². The summed E-state index contributed by atoms with van der Waals surface area (Å²) in [4.78, 5) is 61.6. The number of fused-ring (bicyclic) bond motifs is 2. The zero-order chi connectivity index (χ0) is 21.4. The Bertz CT molecular complexity index is 1190. The summed E-state index contributed by atoms with van der Waals surface area (Å²) >= 11 is 0. The van der Waals surface area contributed by atoms with Crippen LogP contribution in [0.25, 0.3) is 0 Å². The monoisotopic (exact) mass is 397 g/mol. The fourth-order valence-electron chi connectivity index (χ4n) is 3.53. The van der Waals surface area contributed by atoms with Crippen LogP contribution in [0.5, 0.6) is 0 Å². The average Bonchev–Trinajstić information content (AvgIpc) is 3.14. The summed E-state index contributed by atoms with van der Waals surface area (Å²) in [5.41, 5.74) is 6.63. The van der Waals surface area contributed by atoms with Crippen molar-refractivity contribution >= 4 is 29.0 Å². The summed E-state index contributed by atoms with van der Waals surface area (Å²) in [5.74, 6) is -2.45. The van der Waals surface area contributed by atoms with Gasteiger partial charge in [-0.15, -0.1) is 0 Å². The maximum Gasteiger partial charge on any atom is 0.244 e. The predicted molar refractivity (Wildman–Crippen MR) is 108 cm³/mol. The molecule has 1 amide bonds. The fraction of sp³-hybridized carbons (Fsp3) is 0.0417. The topological polar surface area (TPSA) is 111 Å². The highest BCUT2D eigenvalue weighted by molar-refractivity contribution is 6.40. The number of benzene rings is 2. The molecule has 4 rings (SSSR count). The van der Waals surface area contributed by atoms with Gasteiger partial charge in [0.15, 0.2) is 23.1 Å². The minimum Gasteiger partial charge on any atom is -0.366 e. The zero-order valence-electron chi connectivity index (χ0n) is 15.7. The van der Waals surface area contributed by atoms with Gasteiger partial charge in [0, 0.05) is 27.8 Å². The predicted octanol–water partition coefficient (Wildman–Crippen LogP) is 2.80. The van der Waals surface area contributed by atoms with Crippen molar-refractivity contribution in [3.05, 3.63) is 106 Å². The number of ketones is 4. The van der Waals surface area contributed by atoms with Crippen LogP contribution in [0.3, 0.4) is 0 Å². The molecule has 30 heavy (non-hydrogen) atoms. The van der Waals surface area contributed by atoms with Crippen LogP contribution in [0, 0.1) is 0 Å². The molecular weight excluding hydrogens is 382 g/mol. The van der Waals surface area contributed by atoms with Crippen LogP contribution in [0.2, 0.25) is 0 Å². The van der Waals surface area contributed by atoms with Crippen molar-refractivity contribution in [3.8, 4) is 0 Å². The molecule has 0 aliphatic heterocycles. The Hall–Kier alpha value is -4.19. The quantitative estimate of drug-likeness (QED) is 0.630. The molecule has 0 atom stereocenters. The Morgan fingerprint density at radius 3 is 1.50 bits per heavy atom. The lowest BCUT2D eigenvalue weighted by atomic mass is 10.0. The summed E-state index contributed by atoms with van der Waals surface area (Å²) in [5, 5.41) is 0. The Kier molecular flexibility index (Phi) is 4.68. The van der Waals surface area contributed by atoms with E-state index in [0.717, 1.165) is 0 Å². The third-order valence-electron chi connectivity index (χ3n) is 5.10. The first-order valence-corrected chi connectivity index (χ1v) is 9.18. The van der Waals surface area contributed by atoms with Crippen molar-refractivity contribution in [2.45, 2.75) is 6.42 Å². The molecule has 2 N–H and O–H groups in total. The highest BCUT2D eigenvalue weighted by atomic mass is 16.2. The maximum atomic E-state index is 12.4. The normalized spacial score (nSPS) is 15.4. The Morgan fingerprint density at radius 2 is 1.10 bits per heavy atom. The fourth-order valence-corrected chi connectivity index (χ4v) is 3.53. The van der Waals surface area contributed by atoms with Crippen molar-refractivity contribution < 1.29 is 24.0 Å². The van der Waals surface area contributed by atoms with Crippen molar-refractivity contribution in [2.75, 3.05) is 0 Å². The van der Waals surface area contributed by atoms with E-state index in [9.17, 15) is 24.0 Å². The Labute approximate surface area is 171 Å². The van der Waals surface area contributed by atoms with Gasteiger partial charge in [0.2, 0.25) is 5.91 Å². The number of nitrogens with two attached hydrogens (primary N) is 1. The van der Waals surface area contributed by atoms with E-state index in [2.05, 4.69) is 0 Å². The summed E-state index contributed by atoms with van der Waals surface area (Å²) in [6.07, 6.45) is 3.81. The average molecular weight is 397 g/mol. The van der Waals surface area contributed by atoms with Crippen molar-refractivity contribution in [1.29, 1.82) is 0 Å². The lowest BCUT2D eigenvalue weighted by molar-refractivity contribution is -0.114. The third kappa shape index (κ3) is 3.04. The molecule has 146 valence electrons. The van der Waals surface area contributed by atoms with Gasteiger partial charge in [0.25, 0.3) is 0 Å². The summed E-state index contributed by atoms with van der Waals surface area (Å²) < 4.78 is 0. The molecule has 0 radical (unpaired) electrons. The van der Waals surface area contributed by atoms with E-state index in [0.29, 0.717) is 22.3 Å². The van der Waals surface area contributed by atoms with Crippen LogP contribution in [0.4, 0.5) is 0 Å². The van der Waals surface area contributed by atoms with E-state index >= 15 is 0 Å². The highest BCUT2D eigenvalue weighted by Gasteiger charge is 2.33. The lowest BCUT2D eigenvalue weighted by Crippen LogP contribution is -2.14. The Morgan fingerprint density at radius 1 is 0.700 bits per heavy atom. The first-order chi connectivity index (χ1) is 14.4. The number of allylic oxidation sites excluding steroid dienone is 5. The smallest absolute Gasteiger partial charge is 0.244 e. The van der Waals surface area contributed by atoms with Crippen molar-refractivity contribution in [2.24, 2.45) is 5.73 Å². The second kappa shape index (κ2) is 7.33. The summed E-state index contributed by atoms with van der Waals surface area (Å²) in [6, 6.07) is 12.9. The van der Waals surface area contributed by atoms with Gasteiger partial charge >= 0.3 is 0 Å². The molecule has 2 aromatic rings. The van der Waals surface area contributed by atoms with Gasteiger partial charge in [0.05, 0.1) is 11.1 Å². The van der Waals surface area contributed by atoms with E-state index in [1.54, 1.807) is 48.5 Å². The molecule has 0 aromatic heterocycles. The van der Waals surface area contributed by atoms with E-state index in [1.807, 2.05) is 0 Å². The largest absolute Gasteiger partial charge is 0.366 e. The second-order valence-electron chi connectivity index (χ2n) is 6.87. The van der Waals surface area contributed by atoms with E-state index in [1.165, 1.54) is 18.2 Å². The van der Waals surface area contributed by atoms with Gasteiger partial charge in [-0.05, 0) is 12.5 Å². The van der Waals surface area contributed by atoms with Gasteiger partial charge in [-0.2, -0.15) is 0 Å². The molecule has 0 saturated heterocycles. The van der Waals surface area contributed by atoms with Crippen LogP contribution in [-0.2, 0) is 4.79 Å². The van der Waals surface area contributed by atoms with E-state index < -0.39 is 29.0 Å². The van der Waals surface area contributed by atoms with E-state index in [-0.39, 0.29) is 23.1 Å².